The van der Waals surface area contributed by atoms with Gasteiger partial charge in [-0.2, -0.15) is 0 Å². The highest BCUT2D eigenvalue weighted by Gasteiger charge is 2.34. The van der Waals surface area contributed by atoms with E-state index in [1.807, 2.05) is 6.07 Å². The smallest absolute Gasteiger partial charge is 0.329 e. The first-order valence-electron chi connectivity index (χ1n) is 10.5. The molecule has 0 radical (unpaired) electrons. The van der Waals surface area contributed by atoms with Gasteiger partial charge in [-0.05, 0) is 43.9 Å². The van der Waals surface area contributed by atoms with Gasteiger partial charge >= 0.3 is 5.97 Å². The summed E-state index contributed by atoms with van der Waals surface area (Å²) in [5.41, 5.74) is 2.26. The highest BCUT2D eigenvalue weighted by Crippen LogP contribution is 2.45. The molecule has 32 heavy (non-hydrogen) atoms. The summed E-state index contributed by atoms with van der Waals surface area (Å²) in [5.74, 6) is 0.0846. The van der Waals surface area contributed by atoms with Crippen LogP contribution in [0.3, 0.4) is 0 Å². The van der Waals surface area contributed by atoms with Crippen molar-refractivity contribution in [1.82, 2.24) is 4.57 Å². The van der Waals surface area contributed by atoms with Crippen LogP contribution in [0.4, 0.5) is 5.69 Å². The van der Waals surface area contributed by atoms with Crippen molar-refractivity contribution in [3.8, 4) is 11.1 Å². The van der Waals surface area contributed by atoms with Crippen molar-refractivity contribution in [3.05, 3.63) is 71.0 Å². The summed E-state index contributed by atoms with van der Waals surface area (Å²) in [5, 5.41) is 11.0. The van der Waals surface area contributed by atoms with Crippen molar-refractivity contribution < 1.29 is 9.53 Å². The van der Waals surface area contributed by atoms with E-state index in [9.17, 15) is 9.59 Å². The van der Waals surface area contributed by atoms with Gasteiger partial charge in [-0.1, -0.05) is 54.6 Å². The molecular weight excluding hydrogens is 420 g/mol. The fourth-order valence-electron chi connectivity index (χ4n) is 4.93. The molecule has 1 atom stereocenters. The summed E-state index contributed by atoms with van der Waals surface area (Å²) in [6, 6.07) is 20.6. The number of hydrogen-bond donors (Lipinski definition) is 1. The zero-order valence-electron chi connectivity index (χ0n) is 17.6. The number of fused-ring (bicyclic) bond motifs is 1. The standard InChI is InChI=1S/C26H20N2O3S/c1-27-20-12-19(25-28(24(20)29)21(13-32-25)26(30)31-2)17-10-8-16-7-6-14-4-3-5-15-9-11-18(17)23(16)22(14)15/h3-12,21,27H,13H2,1-2H3/t21-/m0/s1. The third-order valence-corrected chi connectivity index (χ3v) is 7.61. The topological polar surface area (TPSA) is 60.3 Å². The Morgan fingerprint density at radius 1 is 1.00 bits per heavy atom. The van der Waals surface area contributed by atoms with Gasteiger partial charge in [-0.25, -0.2) is 4.79 Å². The Balaban J connectivity index is 1.71. The molecule has 6 rings (SSSR count). The predicted molar refractivity (Wildman–Crippen MR) is 131 cm³/mol. The third kappa shape index (κ3) is 2.53. The number of esters is 1. The second-order valence-corrected chi connectivity index (χ2v) is 9.03. The fraction of sp³-hybridized carbons (Fsp3) is 0.154. The molecule has 5 aromatic rings. The molecule has 1 aliphatic heterocycles. The monoisotopic (exact) mass is 440 g/mol. The highest BCUT2D eigenvalue weighted by atomic mass is 32.2. The molecule has 0 saturated heterocycles. The summed E-state index contributed by atoms with van der Waals surface area (Å²) >= 11 is 1.53. The Bertz CT molecular complexity index is 1590. The molecule has 2 heterocycles. The number of nitrogens with zero attached hydrogens (tertiary/aromatic N) is 1. The Hall–Kier alpha value is -3.51. The minimum Gasteiger partial charge on any atom is -0.467 e. The molecule has 6 heteroatoms. The summed E-state index contributed by atoms with van der Waals surface area (Å²) in [6.45, 7) is 0. The van der Waals surface area contributed by atoms with Gasteiger partial charge in [0.1, 0.15) is 11.7 Å². The van der Waals surface area contributed by atoms with Crippen molar-refractivity contribution in [2.75, 3.05) is 25.2 Å². The first-order valence-corrected chi connectivity index (χ1v) is 11.5. The normalized spacial score (nSPS) is 15.5. The number of carbonyl (C=O) groups excluding carboxylic acids is 1. The van der Waals surface area contributed by atoms with Gasteiger partial charge in [0.25, 0.3) is 5.56 Å². The minimum absolute atomic E-state index is 0.204. The molecular formula is C26H20N2O3S. The Labute approximate surface area is 188 Å². The van der Waals surface area contributed by atoms with Crippen LogP contribution in [0.5, 0.6) is 0 Å². The van der Waals surface area contributed by atoms with Crippen LogP contribution in [-0.2, 0) is 9.53 Å². The average molecular weight is 441 g/mol. The predicted octanol–water partition coefficient (Wildman–Crippen LogP) is 5.27. The Morgan fingerprint density at radius 3 is 2.41 bits per heavy atom. The van der Waals surface area contributed by atoms with Crippen LogP contribution in [0.2, 0.25) is 0 Å². The number of methoxy groups -OCH3 is 1. The molecule has 0 amide bonds. The number of hydrogen-bond acceptors (Lipinski definition) is 5. The number of ether oxygens (including phenoxy) is 1. The maximum Gasteiger partial charge on any atom is 0.329 e. The van der Waals surface area contributed by atoms with Crippen LogP contribution in [0.1, 0.15) is 6.04 Å². The lowest BCUT2D eigenvalue weighted by molar-refractivity contribution is -0.143. The average Bonchev–Trinajstić information content (AvgIpc) is 3.28. The van der Waals surface area contributed by atoms with Crippen LogP contribution in [0, 0.1) is 0 Å². The maximum atomic E-state index is 13.1. The van der Waals surface area contributed by atoms with Crippen LogP contribution in [0.15, 0.2) is 70.5 Å². The number of nitrogens with one attached hydrogen (secondary N) is 1. The van der Waals surface area contributed by atoms with E-state index in [1.54, 1.807) is 11.6 Å². The van der Waals surface area contributed by atoms with Crippen LogP contribution >= 0.6 is 11.8 Å². The molecule has 0 bridgehead atoms. The van der Waals surface area contributed by atoms with E-state index in [-0.39, 0.29) is 5.56 Å². The first-order chi connectivity index (χ1) is 15.6. The zero-order valence-corrected chi connectivity index (χ0v) is 18.5. The number of thioether (sulfide) groups is 1. The molecule has 4 aromatic carbocycles. The van der Waals surface area contributed by atoms with Gasteiger partial charge in [0.2, 0.25) is 0 Å². The molecule has 0 fully saturated rings. The Kier molecular flexibility index (Phi) is 4.20. The third-order valence-electron chi connectivity index (χ3n) is 6.44. The van der Waals surface area contributed by atoms with Crippen molar-refractivity contribution in [1.29, 1.82) is 0 Å². The molecule has 5 nitrogen and oxygen atoms in total. The van der Waals surface area contributed by atoms with Crippen LogP contribution < -0.4 is 10.9 Å². The van der Waals surface area contributed by atoms with Crippen molar-refractivity contribution >= 4 is 55.7 Å². The lowest BCUT2D eigenvalue weighted by atomic mass is 9.90. The lowest BCUT2D eigenvalue weighted by Gasteiger charge is -2.18. The van der Waals surface area contributed by atoms with Crippen molar-refractivity contribution in [3.63, 3.8) is 0 Å². The van der Waals surface area contributed by atoms with E-state index < -0.39 is 12.0 Å². The second-order valence-electron chi connectivity index (χ2n) is 8.02. The minimum atomic E-state index is -0.626. The molecule has 0 spiro atoms. The van der Waals surface area contributed by atoms with Gasteiger partial charge in [0.15, 0.2) is 0 Å². The van der Waals surface area contributed by atoms with E-state index in [0.717, 1.165) is 21.5 Å². The van der Waals surface area contributed by atoms with Crippen molar-refractivity contribution in [2.45, 2.75) is 11.1 Å². The molecule has 0 aliphatic carbocycles. The van der Waals surface area contributed by atoms with Gasteiger partial charge in [0, 0.05) is 18.4 Å². The summed E-state index contributed by atoms with van der Waals surface area (Å²) in [6.07, 6.45) is 0. The molecule has 1 N–H and O–H groups in total. The number of benzene rings is 4. The molecule has 1 aliphatic rings. The molecule has 0 saturated carbocycles. The number of pyridine rings is 1. The first kappa shape index (κ1) is 19.2. The summed E-state index contributed by atoms with van der Waals surface area (Å²) in [7, 11) is 3.09. The maximum absolute atomic E-state index is 13.1. The van der Waals surface area contributed by atoms with E-state index >= 15 is 0 Å². The van der Waals surface area contributed by atoms with Gasteiger partial charge in [-0.3, -0.25) is 9.36 Å². The molecule has 158 valence electrons. The molecule has 1 aromatic heterocycles. The zero-order chi connectivity index (χ0) is 22.0. The van der Waals surface area contributed by atoms with Gasteiger partial charge in [-0.15, -0.1) is 11.8 Å². The summed E-state index contributed by atoms with van der Waals surface area (Å²) < 4.78 is 6.57. The van der Waals surface area contributed by atoms with Crippen LogP contribution in [-0.4, -0.2) is 30.4 Å². The van der Waals surface area contributed by atoms with E-state index in [1.165, 1.54) is 45.8 Å². The van der Waals surface area contributed by atoms with Gasteiger partial charge in [0.05, 0.1) is 12.1 Å². The lowest BCUT2D eigenvalue weighted by Crippen LogP contribution is -2.31. The van der Waals surface area contributed by atoms with Crippen LogP contribution in [0.25, 0.3) is 43.4 Å². The number of anilines is 1. The number of aromatic nitrogens is 1. The van der Waals surface area contributed by atoms with Gasteiger partial charge < -0.3 is 10.1 Å². The highest BCUT2D eigenvalue weighted by molar-refractivity contribution is 7.99. The van der Waals surface area contributed by atoms with E-state index in [0.29, 0.717) is 11.4 Å². The van der Waals surface area contributed by atoms with E-state index in [4.69, 9.17) is 4.74 Å². The fourth-order valence-corrected chi connectivity index (χ4v) is 6.21. The second kappa shape index (κ2) is 7.00. The Morgan fingerprint density at radius 2 is 1.69 bits per heavy atom. The number of carbonyl (C=O) groups is 1. The quantitative estimate of drug-likeness (QED) is 0.306. The number of rotatable bonds is 3. The van der Waals surface area contributed by atoms with Crippen molar-refractivity contribution in [2.24, 2.45) is 0 Å². The van der Waals surface area contributed by atoms with E-state index in [2.05, 4.69) is 59.9 Å². The molecule has 0 unspecified atom stereocenters. The summed E-state index contributed by atoms with van der Waals surface area (Å²) in [4.78, 5) is 25.5. The largest absolute Gasteiger partial charge is 0.467 e. The SMILES string of the molecule is CNc1cc(-c2ccc3ccc4cccc5ccc2c3c45)c2n(c1=O)[C@H](C(=O)OC)CS2.